The number of rotatable bonds is 16. The van der Waals surface area contributed by atoms with E-state index in [0.29, 0.717) is 13.1 Å². The first kappa shape index (κ1) is 32.8. The van der Waals surface area contributed by atoms with Gasteiger partial charge in [0.05, 0.1) is 25.2 Å². The Morgan fingerprint density at radius 1 is 1.09 bits per heavy atom. The van der Waals surface area contributed by atoms with Crippen LogP contribution in [0.3, 0.4) is 0 Å². The van der Waals surface area contributed by atoms with Crippen LogP contribution < -0.4 is 10.6 Å². The van der Waals surface area contributed by atoms with Crippen LogP contribution in [0.2, 0.25) is 0 Å². The Kier molecular flexibility index (Phi) is 11.8. The van der Waals surface area contributed by atoms with Crippen LogP contribution in [0.1, 0.15) is 51.5 Å². The third kappa shape index (κ3) is 9.47. The number of carbonyl (C=O) groups excluding carboxylic acids is 2. The number of pyridine rings is 1. The molecule has 1 saturated carbocycles. The topological polar surface area (TPSA) is 86.8 Å². The summed E-state index contributed by atoms with van der Waals surface area (Å²) in [6, 6.07) is 18.4. The smallest absolute Gasteiger partial charge is 0.242 e. The number of thioether (sulfide) groups is 1. The normalized spacial score (nSPS) is 16.7. The molecule has 1 aliphatic heterocycles. The van der Waals surface area contributed by atoms with Crippen molar-refractivity contribution in [1.82, 2.24) is 20.1 Å². The molecule has 2 fully saturated rings. The highest BCUT2D eigenvalue weighted by molar-refractivity contribution is 7.98. The van der Waals surface area contributed by atoms with Crippen LogP contribution in [-0.4, -0.2) is 83.0 Å². The van der Waals surface area contributed by atoms with Crippen LogP contribution in [0, 0.1) is 0 Å². The van der Waals surface area contributed by atoms with Crippen LogP contribution in [-0.2, 0) is 20.9 Å². The lowest BCUT2D eigenvalue weighted by Gasteiger charge is -2.32. The van der Waals surface area contributed by atoms with E-state index >= 15 is 0 Å². The zero-order chi connectivity index (χ0) is 31.6. The average Bonchev–Trinajstić information content (AvgIpc) is 3.79. The number of carbonyl (C=O) groups is 2. The molecule has 2 aliphatic rings. The molecular weight excluding hydrogens is 582 g/mol. The number of likely N-dealkylation sites (tertiary alicyclic amines) is 1. The van der Waals surface area contributed by atoms with Crippen molar-refractivity contribution in [3.8, 4) is 0 Å². The molecule has 2 amide bonds. The summed E-state index contributed by atoms with van der Waals surface area (Å²) < 4.78 is 6.27. The summed E-state index contributed by atoms with van der Waals surface area (Å²) in [6.45, 7) is 6.55. The first-order valence-corrected chi connectivity index (χ1v) is 17.6. The van der Waals surface area contributed by atoms with Crippen molar-refractivity contribution in [2.45, 2.75) is 70.7 Å². The molecule has 1 saturated heterocycles. The number of ether oxygens (including phenoxy) is 1. The summed E-state index contributed by atoms with van der Waals surface area (Å²) in [6.07, 6.45) is 10.4. The Bertz CT molecular complexity index is 1450. The Balaban J connectivity index is 1.32. The van der Waals surface area contributed by atoms with Crippen molar-refractivity contribution in [2.75, 3.05) is 43.5 Å². The predicted octanol–water partition coefficient (Wildman–Crippen LogP) is 5.85. The van der Waals surface area contributed by atoms with Crippen LogP contribution in [0.5, 0.6) is 0 Å². The number of nitrogens with zero attached hydrogens (tertiary/aromatic N) is 3. The van der Waals surface area contributed by atoms with Gasteiger partial charge in [-0.15, -0.1) is 0 Å². The molecule has 1 unspecified atom stereocenters. The van der Waals surface area contributed by atoms with Crippen molar-refractivity contribution >= 4 is 40.0 Å². The molecule has 2 heterocycles. The molecule has 0 spiro atoms. The second-order valence-electron chi connectivity index (χ2n) is 12.3. The largest absolute Gasteiger partial charge is 0.493 e. The summed E-state index contributed by atoms with van der Waals surface area (Å²) in [5.74, 6) is 1.97. The van der Waals surface area contributed by atoms with Crippen molar-refractivity contribution in [2.24, 2.45) is 0 Å². The van der Waals surface area contributed by atoms with Crippen molar-refractivity contribution in [3.05, 3.63) is 83.9 Å². The van der Waals surface area contributed by atoms with E-state index in [2.05, 4.69) is 69.2 Å². The molecule has 45 heavy (non-hydrogen) atoms. The third-order valence-corrected chi connectivity index (χ3v) is 9.05. The van der Waals surface area contributed by atoms with Gasteiger partial charge in [0.25, 0.3) is 0 Å². The summed E-state index contributed by atoms with van der Waals surface area (Å²) in [5, 5.41) is 8.97. The van der Waals surface area contributed by atoms with Crippen molar-refractivity contribution in [1.29, 1.82) is 0 Å². The zero-order valence-corrected chi connectivity index (χ0v) is 27.7. The van der Waals surface area contributed by atoms with E-state index in [1.165, 1.54) is 21.9 Å². The van der Waals surface area contributed by atoms with E-state index in [4.69, 9.17) is 4.74 Å². The minimum atomic E-state index is -0.131. The fraction of sp³-hybridized carbons (Fsp3) is 0.472. The number of fused-ring (bicyclic) bond motifs is 1. The van der Waals surface area contributed by atoms with Gasteiger partial charge < -0.3 is 20.3 Å². The van der Waals surface area contributed by atoms with Gasteiger partial charge in [-0.3, -0.25) is 19.5 Å². The molecule has 2 N–H and O–H groups in total. The minimum Gasteiger partial charge on any atom is -0.493 e. The highest BCUT2D eigenvalue weighted by atomic mass is 32.2. The van der Waals surface area contributed by atoms with E-state index < -0.39 is 0 Å². The van der Waals surface area contributed by atoms with Gasteiger partial charge in [-0.25, -0.2) is 0 Å². The Labute approximate surface area is 272 Å². The summed E-state index contributed by atoms with van der Waals surface area (Å²) in [7, 11) is 0. The van der Waals surface area contributed by atoms with Crippen LogP contribution in [0.4, 0.5) is 5.69 Å². The number of aromatic nitrogens is 1. The molecule has 2 aromatic carbocycles. The lowest BCUT2D eigenvalue weighted by molar-refractivity contribution is -0.130. The second kappa shape index (κ2) is 16.1. The number of nitrogens with one attached hydrogen (secondary N) is 2. The maximum absolute atomic E-state index is 13.8. The molecule has 5 rings (SSSR count). The minimum absolute atomic E-state index is 0.0114. The first-order valence-electron chi connectivity index (χ1n) is 16.2. The summed E-state index contributed by atoms with van der Waals surface area (Å²) in [5.41, 5.74) is 3.38. The van der Waals surface area contributed by atoms with Crippen molar-refractivity contribution in [3.63, 3.8) is 0 Å². The highest BCUT2D eigenvalue weighted by Gasteiger charge is 2.32. The molecule has 3 aromatic rings. The maximum atomic E-state index is 13.8. The predicted molar refractivity (Wildman–Crippen MR) is 184 cm³/mol. The van der Waals surface area contributed by atoms with Crippen molar-refractivity contribution < 1.29 is 14.3 Å². The number of benzene rings is 2. The van der Waals surface area contributed by atoms with E-state index in [1.807, 2.05) is 30.9 Å². The van der Waals surface area contributed by atoms with Crippen LogP contribution in [0.25, 0.3) is 10.8 Å². The van der Waals surface area contributed by atoms with Gasteiger partial charge in [-0.1, -0.05) is 42.5 Å². The number of hydrogen-bond donors (Lipinski definition) is 2. The Hall–Kier alpha value is -3.56. The van der Waals surface area contributed by atoms with E-state index in [-0.39, 0.29) is 43.1 Å². The standard InChI is InChI=1S/C36H47N5O3S/c1-26(2)44-36(28-13-14-28)33(17-21-45-3)39-34(42)25-40(23-29-10-6-9-27-8-4-5-12-32(27)29)24-31-11-7-20-41(31)35(43)22-38-30-15-18-37-19-16-30/h4-6,8-10,12,15-16,18-19,26,31,33H,7,11,13-14,17,20-25H2,1-3H3,(H,37,38)(H,39,42)/t31?,33-/m0/s1. The molecule has 8 nitrogen and oxygen atoms in total. The maximum Gasteiger partial charge on any atom is 0.242 e. The molecule has 0 bridgehead atoms. The molecule has 9 heteroatoms. The number of allylic oxidation sites excluding steroid dienone is 1. The van der Waals surface area contributed by atoms with Gasteiger partial charge in [0.15, 0.2) is 0 Å². The number of hydrogen-bond acceptors (Lipinski definition) is 7. The summed E-state index contributed by atoms with van der Waals surface area (Å²) in [4.78, 5) is 35.5. The van der Waals surface area contributed by atoms with Gasteiger partial charge in [-0.2, -0.15) is 11.8 Å². The number of amides is 2. The lowest BCUT2D eigenvalue weighted by atomic mass is 10.0. The third-order valence-electron chi connectivity index (χ3n) is 8.41. The highest BCUT2D eigenvalue weighted by Crippen LogP contribution is 2.35. The zero-order valence-electron chi connectivity index (χ0n) is 26.8. The van der Waals surface area contributed by atoms with Gasteiger partial charge in [0, 0.05) is 43.8 Å². The number of anilines is 1. The molecule has 0 radical (unpaired) electrons. The second-order valence-corrected chi connectivity index (χ2v) is 13.3. The van der Waals surface area contributed by atoms with Crippen LogP contribution in [0.15, 0.2) is 78.3 Å². The lowest BCUT2D eigenvalue weighted by Crippen LogP contribution is -2.48. The van der Waals surface area contributed by atoms with Gasteiger partial charge in [-0.05, 0) is 92.0 Å². The van der Waals surface area contributed by atoms with E-state index in [9.17, 15) is 9.59 Å². The molecular formula is C36H47N5O3S. The fourth-order valence-electron chi connectivity index (χ4n) is 6.18. The van der Waals surface area contributed by atoms with Gasteiger partial charge in [0.1, 0.15) is 5.76 Å². The average molecular weight is 630 g/mol. The first-order chi connectivity index (χ1) is 21.9. The van der Waals surface area contributed by atoms with Gasteiger partial charge >= 0.3 is 0 Å². The Morgan fingerprint density at radius 2 is 1.87 bits per heavy atom. The monoisotopic (exact) mass is 629 g/mol. The molecule has 240 valence electrons. The van der Waals surface area contributed by atoms with E-state index in [0.717, 1.165) is 55.8 Å². The molecule has 1 aliphatic carbocycles. The quantitative estimate of drug-likeness (QED) is 0.192. The fourth-order valence-corrected chi connectivity index (χ4v) is 6.65. The SMILES string of the molecule is CSCC[C@H](NC(=O)CN(Cc1cccc2ccccc12)CC1CCCN1C(=O)CNc1ccncc1)C(OC(C)C)=C1CC1. The van der Waals surface area contributed by atoms with Gasteiger partial charge in [0.2, 0.25) is 11.8 Å². The summed E-state index contributed by atoms with van der Waals surface area (Å²) >= 11 is 1.78. The Morgan fingerprint density at radius 3 is 2.62 bits per heavy atom. The molecule has 2 atom stereocenters. The van der Waals surface area contributed by atoms with Crippen LogP contribution >= 0.6 is 11.8 Å². The molecule has 1 aromatic heterocycles. The van der Waals surface area contributed by atoms with E-state index in [1.54, 1.807) is 24.2 Å².